The van der Waals surface area contributed by atoms with E-state index in [1.807, 2.05) is 0 Å². The minimum absolute atomic E-state index is 0.0934. The van der Waals surface area contributed by atoms with Crippen molar-refractivity contribution in [2.75, 3.05) is 5.32 Å². The minimum Gasteiger partial charge on any atom is -0.322 e. The van der Waals surface area contributed by atoms with Gasteiger partial charge in [0.25, 0.3) is 0 Å². The lowest BCUT2D eigenvalue weighted by Crippen LogP contribution is -2.20. The summed E-state index contributed by atoms with van der Waals surface area (Å²) in [4.78, 5) is 11.9. The van der Waals surface area contributed by atoms with Crippen LogP contribution in [0.5, 0.6) is 0 Å². The number of nitrogens with one attached hydrogen (secondary N) is 1. The number of hydrogen-bond donors (Lipinski definition) is 1. The van der Waals surface area contributed by atoms with Gasteiger partial charge in [0.1, 0.15) is 13.1 Å². The summed E-state index contributed by atoms with van der Waals surface area (Å²) in [6.07, 6.45) is -2.11. The predicted molar refractivity (Wildman–Crippen MR) is 73.6 cm³/mol. The largest absolute Gasteiger partial charge is 0.408 e. The molecule has 0 atom stereocenters. The van der Waals surface area contributed by atoms with Gasteiger partial charge in [0.2, 0.25) is 5.91 Å². The van der Waals surface area contributed by atoms with E-state index in [9.17, 15) is 18.0 Å². The number of aryl methyl sites for hydroxylation is 1. The van der Waals surface area contributed by atoms with Crippen LogP contribution in [0, 0.1) is 13.8 Å². The summed E-state index contributed by atoms with van der Waals surface area (Å²) < 4.78 is 38.8. The highest BCUT2D eigenvalue weighted by Gasteiger charge is 2.28. The Morgan fingerprint density at radius 3 is 2.64 bits per heavy atom. The Hall–Kier alpha value is -2.03. The van der Waals surface area contributed by atoms with E-state index in [1.165, 1.54) is 4.68 Å². The third-order valence-electron chi connectivity index (χ3n) is 2.84. The first-order chi connectivity index (χ1) is 10.2. The van der Waals surface area contributed by atoms with Crippen LogP contribution in [0.1, 0.15) is 11.4 Å². The molecule has 2 aromatic heterocycles. The second-order valence-electron chi connectivity index (χ2n) is 4.73. The molecule has 0 radical (unpaired) electrons. The van der Waals surface area contributed by atoms with Crippen molar-refractivity contribution < 1.29 is 18.0 Å². The molecule has 1 amide bonds. The molecule has 0 aliphatic rings. The first-order valence-electron chi connectivity index (χ1n) is 6.24. The third-order valence-corrected chi connectivity index (χ3v) is 3.39. The van der Waals surface area contributed by atoms with Crippen LogP contribution in [0.4, 0.5) is 18.9 Å². The number of alkyl halides is 3. The van der Waals surface area contributed by atoms with Crippen LogP contribution >= 0.6 is 11.6 Å². The van der Waals surface area contributed by atoms with Gasteiger partial charge in [-0.05, 0) is 13.8 Å². The number of aromatic nitrogens is 4. The summed E-state index contributed by atoms with van der Waals surface area (Å²) >= 11 is 5.97. The van der Waals surface area contributed by atoms with E-state index in [2.05, 4.69) is 15.5 Å². The lowest BCUT2D eigenvalue weighted by atomic mass is 10.4. The van der Waals surface area contributed by atoms with Crippen LogP contribution in [0.15, 0.2) is 12.4 Å². The quantitative estimate of drug-likeness (QED) is 0.934. The van der Waals surface area contributed by atoms with Crippen molar-refractivity contribution in [1.82, 2.24) is 19.6 Å². The van der Waals surface area contributed by atoms with E-state index in [0.717, 1.165) is 12.4 Å². The van der Waals surface area contributed by atoms with Gasteiger partial charge in [-0.2, -0.15) is 23.4 Å². The van der Waals surface area contributed by atoms with Gasteiger partial charge in [0, 0.05) is 6.20 Å². The van der Waals surface area contributed by atoms with E-state index >= 15 is 0 Å². The molecule has 10 heteroatoms. The lowest BCUT2D eigenvalue weighted by Gasteiger charge is -2.06. The van der Waals surface area contributed by atoms with Crippen molar-refractivity contribution in [3.05, 3.63) is 28.8 Å². The number of carbonyl (C=O) groups is 1. The topological polar surface area (TPSA) is 64.7 Å². The first kappa shape index (κ1) is 16.3. The maximum absolute atomic E-state index is 12.2. The standard InChI is InChI=1S/C12H13ClF3N5O/c1-7-11(13)8(2)21(19-7)5-10(22)18-9-3-17-20(4-9)6-12(14,15)16/h3-4H,5-6H2,1-2H3,(H,18,22). The number of anilines is 1. The Morgan fingerprint density at radius 1 is 1.41 bits per heavy atom. The average molecular weight is 336 g/mol. The van der Waals surface area contributed by atoms with Crippen molar-refractivity contribution in [3.63, 3.8) is 0 Å². The second kappa shape index (κ2) is 5.99. The molecule has 0 fully saturated rings. The number of nitrogens with zero attached hydrogens (tertiary/aromatic N) is 4. The molecule has 0 aromatic carbocycles. The number of carbonyl (C=O) groups excluding carboxylic acids is 1. The molecule has 2 heterocycles. The van der Waals surface area contributed by atoms with Crippen molar-refractivity contribution in [2.45, 2.75) is 33.1 Å². The minimum atomic E-state index is -4.37. The third kappa shape index (κ3) is 4.00. The van der Waals surface area contributed by atoms with Crippen LogP contribution in [-0.2, 0) is 17.9 Å². The van der Waals surface area contributed by atoms with Gasteiger partial charge >= 0.3 is 6.18 Å². The highest BCUT2D eigenvalue weighted by Crippen LogP contribution is 2.19. The summed E-state index contributed by atoms with van der Waals surface area (Å²) in [5.74, 6) is -0.436. The highest BCUT2D eigenvalue weighted by molar-refractivity contribution is 6.31. The van der Waals surface area contributed by atoms with Gasteiger partial charge < -0.3 is 5.32 Å². The summed E-state index contributed by atoms with van der Waals surface area (Å²) in [7, 11) is 0. The zero-order valence-electron chi connectivity index (χ0n) is 11.8. The molecule has 0 aliphatic carbocycles. The number of amides is 1. The second-order valence-corrected chi connectivity index (χ2v) is 5.11. The number of rotatable bonds is 4. The molecule has 2 rings (SSSR count). The Labute approximate surface area is 128 Å². The van der Waals surface area contributed by atoms with Crippen molar-refractivity contribution in [1.29, 1.82) is 0 Å². The molecular formula is C12H13ClF3N5O. The average Bonchev–Trinajstić information content (AvgIpc) is 2.89. The Morgan fingerprint density at radius 2 is 2.09 bits per heavy atom. The van der Waals surface area contributed by atoms with Gasteiger partial charge in [-0.15, -0.1) is 0 Å². The highest BCUT2D eigenvalue weighted by atomic mass is 35.5. The normalized spacial score (nSPS) is 11.7. The number of hydrogen-bond acceptors (Lipinski definition) is 3. The van der Waals surface area contributed by atoms with E-state index in [0.29, 0.717) is 21.1 Å². The molecule has 1 N–H and O–H groups in total. The van der Waals surface area contributed by atoms with E-state index < -0.39 is 18.6 Å². The Kier molecular flexibility index (Phi) is 4.45. The molecule has 0 unspecified atom stereocenters. The zero-order chi connectivity index (χ0) is 16.5. The van der Waals surface area contributed by atoms with Crippen LogP contribution < -0.4 is 5.32 Å². The van der Waals surface area contributed by atoms with E-state index in [1.54, 1.807) is 13.8 Å². The molecular weight excluding hydrogens is 323 g/mol. The van der Waals surface area contributed by atoms with Gasteiger partial charge in [0.15, 0.2) is 0 Å². The SMILES string of the molecule is Cc1nn(CC(=O)Nc2cnn(CC(F)(F)F)c2)c(C)c1Cl. The lowest BCUT2D eigenvalue weighted by molar-refractivity contribution is -0.142. The molecule has 0 saturated carbocycles. The van der Waals surface area contributed by atoms with Crippen molar-refractivity contribution in [2.24, 2.45) is 0 Å². The van der Waals surface area contributed by atoms with Crippen LogP contribution in [0.25, 0.3) is 0 Å². The summed E-state index contributed by atoms with van der Waals surface area (Å²) in [6, 6.07) is 0. The maximum atomic E-state index is 12.2. The fourth-order valence-electron chi connectivity index (χ4n) is 1.86. The molecule has 6 nitrogen and oxygen atoms in total. The Balaban J connectivity index is 1.99. The molecule has 22 heavy (non-hydrogen) atoms. The summed E-state index contributed by atoms with van der Waals surface area (Å²) in [5.41, 5.74) is 1.42. The fourth-order valence-corrected chi connectivity index (χ4v) is 2.00. The van der Waals surface area contributed by atoms with Crippen molar-refractivity contribution in [3.8, 4) is 0 Å². The van der Waals surface area contributed by atoms with E-state index in [-0.39, 0.29) is 12.2 Å². The summed E-state index contributed by atoms with van der Waals surface area (Å²) in [5, 5.41) is 10.6. The maximum Gasteiger partial charge on any atom is 0.408 e. The monoisotopic (exact) mass is 335 g/mol. The molecule has 0 saturated heterocycles. The molecule has 0 aliphatic heterocycles. The zero-order valence-corrected chi connectivity index (χ0v) is 12.5. The molecule has 0 spiro atoms. The summed E-state index contributed by atoms with van der Waals surface area (Å²) in [6.45, 7) is 2.13. The van der Waals surface area contributed by atoms with Gasteiger partial charge in [0.05, 0.1) is 28.3 Å². The first-order valence-corrected chi connectivity index (χ1v) is 6.62. The smallest absolute Gasteiger partial charge is 0.322 e. The fraction of sp³-hybridized carbons (Fsp3) is 0.417. The van der Waals surface area contributed by atoms with Gasteiger partial charge in [-0.3, -0.25) is 14.2 Å². The molecule has 0 bridgehead atoms. The van der Waals surface area contributed by atoms with Crippen LogP contribution in [0.2, 0.25) is 5.02 Å². The van der Waals surface area contributed by atoms with E-state index in [4.69, 9.17) is 11.6 Å². The predicted octanol–water partition coefficient (Wildman–Crippen LogP) is 2.55. The van der Waals surface area contributed by atoms with Crippen molar-refractivity contribution >= 4 is 23.2 Å². The molecule has 2 aromatic rings. The number of halogens is 4. The van der Waals surface area contributed by atoms with Gasteiger partial charge in [-0.25, -0.2) is 0 Å². The van der Waals surface area contributed by atoms with Crippen LogP contribution in [-0.4, -0.2) is 31.6 Å². The molecule has 120 valence electrons. The van der Waals surface area contributed by atoms with Gasteiger partial charge in [-0.1, -0.05) is 11.6 Å². The Bertz CT molecular complexity index is 691. The van der Waals surface area contributed by atoms with Crippen LogP contribution in [0.3, 0.4) is 0 Å².